The largest absolute Gasteiger partial charge is 0.468 e. The van der Waals surface area contributed by atoms with E-state index < -0.39 is 0 Å². The molecule has 28 heavy (non-hydrogen) atoms. The van der Waals surface area contributed by atoms with E-state index in [2.05, 4.69) is 22.0 Å². The van der Waals surface area contributed by atoms with E-state index in [0.717, 1.165) is 55.9 Å². The minimum atomic E-state index is 0.00871. The molecule has 4 rings (SSSR count). The van der Waals surface area contributed by atoms with Crippen molar-refractivity contribution in [3.63, 3.8) is 0 Å². The van der Waals surface area contributed by atoms with Crippen molar-refractivity contribution in [3.8, 4) is 6.01 Å². The molecule has 0 atom stereocenters. The summed E-state index contributed by atoms with van der Waals surface area (Å²) in [6.07, 6.45) is 2.11. The van der Waals surface area contributed by atoms with Crippen LogP contribution in [0.15, 0.2) is 48.5 Å². The van der Waals surface area contributed by atoms with Crippen molar-refractivity contribution in [3.05, 3.63) is 54.1 Å². The number of aryl methyl sites for hydroxylation is 1. The number of imidazole rings is 1. The van der Waals surface area contributed by atoms with Crippen LogP contribution in [0.3, 0.4) is 0 Å². The number of rotatable bonds is 6. The van der Waals surface area contributed by atoms with E-state index in [4.69, 9.17) is 9.47 Å². The Balaban J connectivity index is 1.56. The number of methoxy groups -OCH3 is 1. The van der Waals surface area contributed by atoms with Gasteiger partial charge in [-0.1, -0.05) is 30.3 Å². The number of nitrogens with zero attached hydrogens (tertiary/aromatic N) is 3. The van der Waals surface area contributed by atoms with E-state index in [1.165, 1.54) is 5.56 Å². The summed E-state index contributed by atoms with van der Waals surface area (Å²) in [7, 11) is 1.55. The Morgan fingerprint density at radius 3 is 2.68 bits per heavy atom. The van der Waals surface area contributed by atoms with Crippen LogP contribution >= 0.6 is 0 Å². The zero-order chi connectivity index (χ0) is 19.3. The molecule has 1 fully saturated rings. The summed E-state index contributed by atoms with van der Waals surface area (Å²) in [6, 6.07) is 16.6. The molecule has 3 aromatic rings. The highest BCUT2D eigenvalue weighted by molar-refractivity contribution is 5.93. The van der Waals surface area contributed by atoms with Crippen LogP contribution in [0.25, 0.3) is 11.0 Å². The summed E-state index contributed by atoms with van der Waals surface area (Å²) >= 11 is 0. The van der Waals surface area contributed by atoms with Gasteiger partial charge < -0.3 is 14.4 Å². The standard InChI is InChI=1S/C22H25N3O3/c1-27-22-23-19-11-10-18(24-12-14-28-15-13-24)16-20(19)25(22)21(26)9-5-8-17-6-3-2-4-7-17/h2-4,6-7,10-11,16H,5,8-9,12-15H2,1H3. The second-order valence-electron chi connectivity index (χ2n) is 6.94. The van der Waals surface area contributed by atoms with Gasteiger partial charge in [-0.3, -0.25) is 4.79 Å². The summed E-state index contributed by atoms with van der Waals surface area (Å²) in [5.41, 5.74) is 3.89. The van der Waals surface area contributed by atoms with Gasteiger partial charge in [-0.2, -0.15) is 4.98 Å². The quantitative estimate of drug-likeness (QED) is 0.656. The van der Waals surface area contributed by atoms with Crippen LogP contribution in [0.1, 0.15) is 23.2 Å². The first kappa shape index (κ1) is 18.5. The van der Waals surface area contributed by atoms with E-state index in [0.29, 0.717) is 12.4 Å². The van der Waals surface area contributed by atoms with Crippen molar-refractivity contribution in [1.29, 1.82) is 0 Å². The summed E-state index contributed by atoms with van der Waals surface area (Å²) in [4.78, 5) is 19.7. The third-order valence-corrected chi connectivity index (χ3v) is 5.11. The lowest BCUT2D eigenvalue weighted by molar-refractivity contribution is 0.0894. The Bertz CT molecular complexity index is 946. The molecule has 146 valence electrons. The highest BCUT2D eigenvalue weighted by Crippen LogP contribution is 2.27. The number of anilines is 1. The van der Waals surface area contributed by atoms with Gasteiger partial charge in [-0.05, 0) is 36.6 Å². The molecule has 1 aliphatic rings. The molecule has 0 amide bonds. The molecule has 0 radical (unpaired) electrons. The third kappa shape index (κ3) is 3.87. The lowest BCUT2D eigenvalue weighted by Gasteiger charge is -2.28. The highest BCUT2D eigenvalue weighted by atomic mass is 16.5. The number of carbonyl (C=O) groups is 1. The summed E-state index contributed by atoms with van der Waals surface area (Å²) < 4.78 is 12.5. The molecular weight excluding hydrogens is 354 g/mol. The van der Waals surface area contributed by atoms with Gasteiger partial charge in [0.1, 0.15) is 0 Å². The van der Waals surface area contributed by atoms with Crippen LogP contribution in [-0.4, -0.2) is 48.9 Å². The van der Waals surface area contributed by atoms with Gasteiger partial charge in [0.2, 0.25) is 5.91 Å². The molecule has 6 nitrogen and oxygen atoms in total. The lowest BCUT2D eigenvalue weighted by atomic mass is 10.1. The molecule has 1 aromatic heterocycles. The van der Waals surface area contributed by atoms with E-state index in [1.807, 2.05) is 36.4 Å². The van der Waals surface area contributed by atoms with Crippen LogP contribution in [0.4, 0.5) is 5.69 Å². The van der Waals surface area contributed by atoms with Crippen molar-refractivity contribution in [1.82, 2.24) is 9.55 Å². The van der Waals surface area contributed by atoms with Crippen LogP contribution in [0, 0.1) is 0 Å². The Morgan fingerprint density at radius 2 is 1.93 bits per heavy atom. The Labute approximate surface area is 164 Å². The van der Waals surface area contributed by atoms with E-state index in [1.54, 1.807) is 11.7 Å². The molecule has 0 bridgehead atoms. The van der Waals surface area contributed by atoms with Crippen molar-refractivity contribution < 1.29 is 14.3 Å². The number of aromatic nitrogens is 2. The summed E-state index contributed by atoms with van der Waals surface area (Å²) in [5.74, 6) is 0.00871. The van der Waals surface area contributed by atoms with Gasteiger partial charge in [-0.25, -0.2) is 4.57 Å². The smallest absolute Gasteiger partial charge is 0.304 e. The molecule has 0 aliphatic carbocycles. The SMILES string of the molecule is COc1nc2ccc(N3CCOCC3)cc2n1C(=O)CCCc1ccccc1. The molecule has 0 N–H and O–H groups in total. The molecule has 1 aliphatic heterocycles. The predicted octanol–water partition coefficient (Wildman–Crippen LogP) is 3.54. The maximum Gasteiger partial charge on any atom is 0.304 e. The van der Waals surface area contributed by atoms with Crippen LogP contribution < -0.4 is 9.64 Å². The number of benzene rings is 2. The summed E-state index contributed by atoms with van der Waals surface area (Å²) in [5, 5.41) is 0. The second-order valence-corrected chi connectivity index (χ2v) is 6.94. The number of hydrogen-bond acceptors (Lipinski definition) is 5. The fourth-order valence-electron chi connectivity index (χ4n) is 3.64. The average Bonchev–Trinajstić information content (AvgIpc) is 3.13. The molecule has 0 unspecified atom stereocenters. The minimum absolute atomic E-state index is 0.00871. The van der Waals surface area contributed by atoms with Crippen LogP contribution in [0.5, 0.6) is 6.01 Å². The topological polar surface area (TPSA) is 56.6 Å². The van der Waals surface area contributed by atoms with Crippen molar-refractivity contribution in [2.24, 2.45) is 0 Å². The summed E-state index contributed by atoms with van der Waals surface area (Å²) in [6.45, 7) is 3.14. The average molecular weight is 379 g/mol. The molecule has 2 heterocycles. The van der Waals surface area contributed by atoms with E-state index in [-0.39, 0.29) is 5.91 Å². The minimum Gasteiger partial charge on any atom is -0.468 e. The van der Waals surface area contributed by atoms with Crippen LogP contribution in [0.2, 0.25) is 0 Å². The molecular formula is C22H25N3O3. The Hall–Kier alpha value is -2.86. The zero-order valence-corrected chi connectivity index (χ0v) is 16.1. The number of carbonyl (C=O) groups excluding carboxylic acids is 1. The van der Waals surface area contributed by atoms with Crippen LogP contribution in [-0.2, 0) is 11.2 Å². The molecule has 0 saturated carbocycles. The molecule has 1 saturated heterocycles. The van der Waals surface area contributed by atoms with Gasteiger partial charge in [0.05, 0.1) is 31.4 Å². The molecule has 2 aromatic carbocycles. The highest BCUT2D eigenvalue weighted by Gasteiger charge is 2.19. The number of hydrogen-bond donors (Lipinski definition) is 0. The predicted molar refractivity (Wildman–Crippen MR) is 109 cm³/mol. The fraction of sp³-hybridized carbons (Fsp3) is 0.364. The van der Waals surface area contributed by atoms with Gasteiger partial charge in [0.25, 0.3) is 0 Å². The fourth-order valence-corrected chi connectivity index (χ4v) is 3.64. The first-order valence-corrected chi connectivity index (χ1v) is 9.72. The monoisotopic (exact) mass is 379 g/mol. The number of fused-ring (bicyclic) bond motifs is 1. The normalized spacial score (nSPS) is 14.4. The van der Waals surface area contributed by atoms with Gasteiger partial charge in [-0.15, -0.1) is 0 Å². The van der Waals surface area contributed by atoms with E-state index in [9.17, 15) is 4.79 Å². The Kier molecular flexibility index (Phi) is 5.58. The zero-order valence-electron chi connectivity index (χ0n) is 16.1. The Morgan fingerprint density at radius 1 is 1.14 bits per heavy atom. The number of morpholine rings is 1. The maximum absolute atomic E-state index is 13.0. The van der Waals surface area contributed by atoms with E-state index >= 15 is 0 Å². The third-order valence-electron chi connectivity index (χ3n) is 5.11. The first-order valence-electron chi connectivity index (χ1n) is 9.72. The first-order chi connectivity index (χ1) is 13.8. The lowest BCUT2D eigenvalue weighted by Crippen LogP contribution is -2.36. The van der Waals surface area contributed by atoms with Gasteiger partial charge >= 0.3 is 6.01 Å². The van der Waals surface area contributed by atoms with Crippen molar-refractivity contribution in [2.45, 2.75) is 19.3 Å². The second kappa shape index (κ2) is 8.44. The van der Waals surface area contributed by atoms with Crippen molar-refractivity contribution >= 4 is 22.6 Å². The maximum atomic E-state index is 13.0. The van der Waals surface area contributed by atoms with Crippen molar-refractivity contribution in [2.75, 3.05) is 38.3 Å². The molecule has 6 heteroatoms. The van der Waals surface area contributed by atoms with Gasteiger partial charge in [0, 0.05) is 25.2 Å². The molecule has 0 spiro atoms. The number of ether oxygens (including phenoxy) is 2. The van der Waals surface area contributed by atoms with Gasteiger partial charge in [0.15, 0.2) is 0 Å².